The normalized spacial score (nSPS) is 17.3. The lowest BCUT2D eigenvalue weighted by Gasteiger charge is -2.21. The van der Waals surface area contributed by atoms with Crippen molar-refractivity contribution in [3.05, 3.63) is 85.0 Å². The van der Waals surface area contributed by atoms with Gasteiger partial charge in [0.25, 0.3) is 22.9 Å². The fraction of sp³-hybridized carbons (Fsp3) is 0.480. The molecule has 0 unspecified atom stereocenters. The molecule has 2 atom stereocenters. The number of hydrogen-bond acceptors (Lipinski definition) is 17. The third-order valence-corrected chi connectivity index (χ3v) is 7.59. The molecular formula is C25H30N8O15. The van der Waals surface area contributed by atoms with Gasteiger partial charge in [-0.2, -0.15) is 0 Å². The zero-order valence-corrected chi connectivity index (χ0v) is 25.4. The number of rotatable bonds is 10. The number of phenolic OH excluding ortho intramolecular Hbond substituents is 2. The molecule has 0 radical (unpaired) electrons. The number of carbonyl (C=O) groups is 1. The topological polar surface area (TPSA) is 323 Å². The van der Waals surface area contributed by atoms with Gasteiger partial charge in [-0.05, 0) is 52.9 Å². The van der Waals surface area contributed by atoms with Crippen LogP contribution in [-0.2, 0) is 4.79 Å². The van der Waals surface area contributed by atoms with Crippen LogP contribution in [0.1, 0.15) is 38.5 Å². The van der Waals surface area contributed by atoms with Crippen molar-refractivity contribution >= 4 is 39.9 Å². The monoisotopic (exact) mass is 682 g/mol. The first kappa shape index (κ1) is 38.2. The Bertz CT molecular complexity index is 1430. The van der Waals surface area contributed by atoms with Crippen molar-refractivity contribution in [2.45, 2.75) is 50.6 Å². The average Bonchev–Trinajstić information content (AvgIpc) is 3.59. The highest BCUT2D eigenvalue weighted by Gasteiger charge is 2.31. The van der Waals surface area contributed by atoms with Crippen molar-refractivity contribution in [3.63, 3.8) is 0 Å². The number of likely N-dealkylation sites (tertiary alicyclic amines) is 2. The Morgan fingerprint density at radius 2 is 0.875 bits per heavy atom. The van der Waals surface area contributed by atoms with E-state index in [0.717, 1.165) is 12.8 Å². The first-order chi connectivity index (χ1) is 22.3. The van der Waals surface area contributed by atoms with Crippen LogP contribution in [0.25, 0.3) is 0 Å². The van der Waals surface area contributed by atoms with E-state index in [9.17, 15) is 65.5 Å². The molecule has 0 spiro atoms. The zero-order valence-electron chi connectivity index (χ0n) is 25.4. The summed E-state index contributed by atoms with van der Waals surface area (Å²) in [4.78, 5) is 72.2. The van der Waals surface area contributed by atoms with Crippen LogP contribution in [0, 0.1) is 60.7 Å². The van der Waals surface area contributed by atoms with Crippen molar-refractivity contribution < 1.29 is 44.5 Å². The SMILES string of the molecule is CN1CCC[C@@H]1CC(=O)C[C@@H]1CCCN1C.O=[N+]([O-])c1cc([N+](=O)[O-])c(O)c([N+](=O)[O-])c1.O=[N+]([O-])c1cc([N+](=O)[O-])c(O)c([N+](=O)[O-])c1. The van der Waals surface area contributed by atoms with E-state index in [-0.39, 0.29) is 0 Å². The maximum Gasteiger partial charge on any atom is 0.324 e. The van der Waals surface area contributed by atoms with E-state index in [1.807, 2.05) is 0 Å². The third kappa shape index (κ3) is 10.0. The molecule has 0 saturated carbocycles. The van der Waals surface area contributed by atoms with Gasteiger partial charge in [0.05, 0.1) is 53.8 Å². The molecule has 0 bridgehead atoms. The summed E-state index contributed by atoms with van der Waals surface area (Å²) >= 11 is 0. The minimum absolute atomic E-state index is 0.447. The van der Waals surface area contributed by atoms with Crippen LogP contribution < -0.4 is 0 Å². The zero-order chi connectivity index (χ0) is 36.5. The van der Waals surface area contributed by atoms with Crippen LogP contribution in [0.5, 0.6) is 11.5 Å². The number of nitro benzene ring substituents is 6. The first-order valence-electron chi connectivity index (χ1n) is 13.9. The van der Waals surface area contributed by atoms with Gasteiger partial charge in [-0.25, -0.2) is 0 Å². The molecular weight excluding hydrogens is 652 g/mol. The predicted molar refractivity (Wildman–Crippen MR) is 162 cm³/mol. The lowest BCUT2D eigenvalue weighted by molar-refractivity contribution is -0.404. The number of phenols is 2. The molecule has 0 aliphatic carbocycles. The standard InChI is InChI=1S/C13H24N2O.2C6H3N3O7/c1-14-7-3-5-11(14)9-13(16)10-12-6-4-8-15(12)2;2*10-6-4(8(13)14)1-3(7(11)12)2-5(6)9(15)16/h11-12H,3-10H2,1-2H3;2*1-2,10H/t11-,12+;;. The largest absolute Gasteiger partial charge is 0.497 e. The van der Waals surface area contributed by atoms with Gasteiger partial charge in [-0.3, -0.25) is 65.5 Å². The fourth-order valence-electron chi connectivity index (χ4n) is 5.03. The van der Waals surface area contributed by atoms with E-state index in [1.165, 1.54) is 38.8 Å². The van der Waals surface area contributed by atoms with Gasteiger partial charge in [0.1, 0.15) is 5.78 Å². The Balaban J connectivity index is 0.000000250. The number of carbonyl (C=O) groups excluding carboxylic acids is 1. The smallest absolute Gasteiger partial charge is 0.324 e. The van der Waals surface area contributed by atoms with E-state index >= 15 is 0 Å². The molecule has 2 heterocycles. The number of nitro groups is 6. The van der Waals surface area contributed by atoms with Crippen LogP contribution >= 0.6 is 0 Å². The highest BCUT2D eigenvalue weighted by Crippen LogP contribution is 2.40. The third-order valence-electron chi connectivity index (χ3n) is 7.59. The number of aromatic hydroxyl groups is 2. The number of non-ortho nitro benzene ring substituents is 2. The Morgan fingerprint density at radius 3 is 1.06 bits per heavy atom. The summed E-state index contributed by atoms with van der Waals surface area (Å²) in [5, 5.41) is 80.4. The van der Waals surface area contributed by atoms with E-state index in [4.69, 9.17) is 10.2 Å². The second kappa shape index (κ2) is 16.5. The Hall–Kier alpha value is -5.97. The quantitative estimate of drug-likeness (QED) is 0.266. The molecule has 2 aliphatic rings. The van der Waals surface area contributed by atoms with Crippen LogP contribution in [0.3, 0.4) is 0 Å². The molecule has 0 aromatic heterocycles. The Kier molecular flexibility index (Phi) is 13.2. The predicted octanol–water partition coefficient (Wildman–Crippen LogP) is 3.76. The maximum absolute atomic E-state index is 12.0. The maximum atomic E-state index is 12.0. The number of Topliss-reactive ketones (excluding diaryl/α,β-unsaturated/α-hetero) is 1. The van der Waals surface area contributed by atoms with Gasteiger partial charge in [0, 0.05) is 24.9 Å². The summed E-state index contributed by atoms with van der Waals surface area (Å²) < 4.78 is 0. The molecule has 23 nitrogen and oxygen atoms in total. The van der Waals surface area contributed by atoms with E-state index in [2.05, 4.69) is 23.9 Å². The molecule has 2 fully saturated rings. The van der Waals surface area contributed by atoms with E-state index in [0.29, 0.717) is 42.1 Å². The summed E-state index contributed by atoms with van der Waals surface area (Å²) in [7, 11) is 4.29. The summed E-state index contributed by atoms with van der Waals surface area (Å²) in [5.74, 6) is -1.95. The van der Waals surface area contributed by atoms with Crippen molar-refractivity contribution in [3.8, 4) is 11.5 Å². The lowest BCUT2D eigenvalue weighted by Crippen LogP contribution is -2.31. The minimum Gasteiger partial charge on any atom is -0.497 e. The average molecular weight is 683 g/mol. The molecule has 4 rings (SSSR count). The molecule has 23 heteroatoms. The van der Waals surface area contributed by atoms with Crippen molar-refractivity contribution in [2.75, 3.05) is 27.2 Å². The van der Waals surface area contributed by atoms with Crippen molar-refractivity contribution in [2.24, 2.45) is 0 Å². The minimum atomic E-state index is -1.21. The highest BCUT2D eigenvalue weighted by atomic mass is 16.7. The van der Waals surface area contributed by atoms with Crippen LogP contribution in [0.4, 0.5) is 34.1 Å². The summed E-state index contributed by atoms with van der Waals surface area (Å²) in [6, 6.07) is 2.84. The molecule has 0 amide bonds. The van der Waals surface area contributed by atoms with Crippen molar-refractivity contribution in [1.29, 1.82) is 0 Å². The van der Waals surface area contributed by atoms with Gasteiger partial charge < -0.3 is 20.0 Å². The lowest BCUT2D eigenvalue weighted by atomic mass is 10.0. The van der Waals surface area contributed by atoms with Crippen LogP contribution in [0.15, 0.2) is 24.3 Å². The number of nitrogens with zero attached hydrogens (tertiary/aromatic N) is 8. The number of hydrogen-bond donors (Lipinski definition) is 2. The number of benzene rings is 2. The van der Waals surface area contributed by atoms with E-state index in [1.54, 1.807) is 0 Å². The molecule has 2 aromatic rings. The molecule has 2 aromatic carbocycles. The first-order valence-corrected chi connectivity index (χ1v) is 13.9. The van der Waals surface area contributed by atoms with Gasteiger partial charge >= 0.3 is 22.7 Å². The summed E-state index contributed by atoms with van der Waals surface area (Å²) in [5.41, 5.74) is -6.00. The fourth-order valence-corrected chi connectivity index (χ4v) is 5.03. The highest BCUT2D eigenvalue weighted by molar-refractivity contribution is 5.79. The Labute approximate surface area is 268 Å². The second-order valence-electron chi connectivity index (χ2n) is 10.7. The molecule has 48 heavy (non-hydrogen) atoms. The van der Waals surface area contributed by atoms with Crippen LogP contribution in [0.2, 0.25) is 0 Å². The second-order valence-corrected chi connectivity index (χ2v) is 10.7. The van der Waals surface area contributed by atoms with E-state index < -0.39 is 75.2 Å². The van der Waals surface area contributed by atoms with Gasteiger partial charge in [0.2, 0.25) is 0 Å². The molecule has 260 valence electrons. The van der Waals surface area contributed by atoms with Crippen LogP contribution in [-0.4, -0.2) is 94.6 Å². The summed E-state index contributed by atoms with van der Waals surface area (Å²) in [6.07, 6.45) is 6.50. The number of ketones is 1. The molecule has 2 aliphatic heterocycles. The van der Waals surface area contributed by atoms with Crippen molar-refractivity contribution in [1.82, 2.24) is 9.80 Å². The molecule has 2 saturated heterocycles. The van der Waals surface area contributed by atoms with Gasteiger partial charge in [0.15, 0.2) is 0 Å². The van der Waals surface area contributed by atoms with Gasteiger partial charge in [-0.1, -0.05) is 0 Å². The Morgan fingerprint density at radius 1 is 0.604 bits per heavy atom. The van der Waals surface area contributed by atoms with Gasteiger partial charge in [-0.15, -0.1) is 0 Å². The summed E-state index contributed by atoms with van der Waals surface area (Å²) in [6.45, 7) is 2.34. The molecule has 2 N–H and O–H groups in total.